The highest BCUT2D eigenvalue weighted by atomic mass is 16.2. The fraction of sp³-hybridized carbons (Fsp3) is 0.600. The Morgan fingerprint density at radius 3 is 2.67 bits per heavy atom. The van der Waals surface area contributed by atoms with Gasteiger partial charge in [0.2, 0.25) is 5.91 Å². The van der Waals surface area contributed by atoms with Crippen LogP contribution in [0.1, 0.15) is 25.0 Å². The molecule has 0 bridgehead atoms. The predicted octanol–water partition coefficient (Wildman–Crippen LogP) is 1.05. The molecule has 0 aromatic carbocycles. The molecule has 5 nitrogen and oxygen atoms in total. The quantitative estimate of drug-likeness (QED) is 0.763. The van der Waals surface area contributed by atoms with Gasteiger partial charge in [-0.1, -0.05) is 6.42 Å². The minimum Gasteiger partial charge on any atom is -0.394 e. The van der Waals surface area contributed by atoms with Crippen molar-refractivity contribution in [2.24, 2.45) is 13.0 Å². The second-order valence-corrected chi connectivity index (χ2v) is 4.09. The van der Waals surface area contributed by atoms with Gasteiger partial charge in [0, 0.05) is 13.0 Å². The number of nitrogens with two attached hydrogens (primary N) is 1. The van der Waals surface area contributed by atoms with Crippen molar-refractivity contribution in [1.82, 2.24) is 9.78 Å². The summed E-state index contributed by atoms with van der Waals surface area (Å²) in [6, 6.07) is 0. The number of hydrogen-bond donors (Lipinski definition) is 2. The molecule has 1 amide bonds. The smallest absolute Gasteiger partial charge is 0.228 e. The first-order valence-electron chi connectivity index (χ1n) is 5.19. The van der Waals surface area contributed by atoms with Crippen LogP contribution in [0, 0.1) is 12.8 Å². The molecule has 1 aromatic rings. The van der Waals surface area contributed by atoms with Gasteiger partial charge in [-0.25, -0.2) is 0 Å². The molecule has 2 rings (SSSR count). The summed E-state index contributed by atoms with van der Waals surface area (Å²) in [5, 5.41) is 6.98. The van der Waals surface area contributed by atoms with Gasteiger partial charge in [0.25, 0.3) is 0 Å². The fourth-order valence-corrected chi connectivity index (χ4v) is 1.71. The Labute approximate surface area is 88.6 Å². The van der Waals surface area contributed by atoms with Crippen LogP contribution in [0.5, 0.6) is 0 Å². The first kappa shape index (κ1) is 10.0. The number of carbonyl (C=O) groups is 1. The van der Waals surface area contributed by atoms with Gasteiger partial charge in [0.15, 0.2) is 5.82 Å². The second-order valence-electron chi connectivity index (χ2n) is 4.09. The summed E-state index contributed by atoms with van der Waals surface area (Å²) in [7, 11) is 1.78. The van der Waals surface area contributed by atoms with Gasteiger partial charge in [0.05, 0.1) is 11.4 Å². The van der Waals surface area contributed by atoms with Crippen LogP contribution < -0.4 is 11.1 Å². The zero-order valence-electron chi connectivity index (χ0n) is 9.08. The van der Waals surface area contributed by atoms with E-state index < -0.39 is 0 Å². The molecule has 1 aliphatic carbocycles. The number of hydrogen-bond acceptors (Lipinski definition) is 3. The molecule has 0 aliphatic heterocycles. The third-order valence-electron chi connectivity index (χ3n) is 2.99. The normalized spacial score (nSPS) is 16.1. The minimum absolute atomic E-state index is 0.0657. The topological polar surface area (TPSA) is 72.9 Å². The van der Waals surface area contributed by atoms with Gasteiger partial charge in [-0.2, -0.15) is 5.10 Å². The summed E-state index contributed by atoms with van der Waals surface area (Å²) in [6.45, 7) is 1.83. The Balaban J connectivity index is 2.12. The highest BCUT2D eigenvalue weighted by molar-refractivity contribution is 5.95. The SMILES string of the molecule is Cc1nn(C)c(NC(=O)C2CCC2)c1N. The van der Waals surface area contributed by atoms with E-state index in [0.29, 0.717) is 11.5 Å². The van der Waals surface area contributed by atoms with Gasteiger partial charge in [-0.05, 0) is 19.8 Å². The van der Waals surface area contributed by atoms with Gasteiger partial charge in [0.1, 0.15) is 0 Å². The molecule has 0 unspecified atom stereocenters. The predicted molar refractivity (Wildman–Crippen MR) is 58.3 cm³/mol. The average Bonchev–Trinajstić information content (AvgIpc) is 2.29. The molecule has 82 valence electrons. The van der Waals surface area contributed by atoms with E-state index in [-0.39, 0.29) is 11.8 Å². The molecule has 15 heavy (non-hydrogen) atoms. The summed E-state index contributed by atoms with van der Waals surface area (Å²) in [4.78, 5) is 11.7. The zero-order chi connectivity index (χ0) is 11.0. The zero-order valence-corrected chi connectivity index (χ0v) is 9.08. The molecule has 3 N–H and O–H groups in total. The van der Waals surface area contributed by atoms with Crippen molar-refractivity contribution in [3.63, 3.8) is 0 Å². The van der Waals surface area contributed by atoms with Crippen LogP contribution in [-0.4, -0.2) is 15.7 Å². The lowest BCUT2D eigenvalue weighted by Crippen LogP contribution is -2.29. The van der Waals surface area contributed by atoms with E-state index >= 15 is 0 Å². The highest BCUT2D eigenvalue weighted by Gasteiger charge is 2.26. The molecule has 1 aliphatic rings. The number of aryl methyl sites for hydroxylation is 2. The van der Waals surface area contributed by atoms with Crippen molar-refractivity contribution in [2.75, 3.05) is 11.1 Å². The molecule has 1 heterocycles. The number of nitrogens with zero attached hydrogens (tertiary/aromatic N) is 2. The van der Waals surface area contributed by atoms with E-state index in [1.807, 2.05) is 6.92 Å². The van der Waals surface area contributed by atoms with Crippen molar-refractivity contribution >= 4 is 17.4 Å². The number of anilines is 2. The monoisotopic (exact) mass is 208 g/mol. The van der Waals surface area contributed by atoms with Crippen molar-refractivity contribution in [3.05, 3.63) is 5.69 Å². The maximum Gasteiger partial charge on any atom is 0.228 e. The van der Waals surface area contributed by atoms with Crippen LogP contribution in [0.25, 0.3) is 0 Å². The number of carbonyl (C=O) groups excluding carboxylic acids is 1. The van der Waals surface area contributed by atoms with Crippen molar-refractivity contribution < 1.29 is 4.79 Å². The molecule has 0 spiro atoms. The van der Waals surface area contributed by atoms with Crippen LogP contribution in [-0.2, 0) is 11.8 Å². The minimum atomic E-state index is 0.0657. The fourth-order valence-electron chi connectivity index (χ4n) is 1.71. The Kier molecular flexibility index (Phi) is 2.38. The summed E-state index contributed by atoms with van der Waals surface area (Å²) >= 11 is 0. The molecule has 0 saturated heterocycles. The van der Waals surface area contributed by atoms with Crippen LogP contribution in [0.15, 0.2) is 0 Å². The van der Waals surface area contributed by atoms with E-state index in [9.17, 15) is 4.79 Å². The van der Waals surface area contributed by atoms with Crippen molar-refractivity contribution in [3.8, 4) is 0 Å². The summed E-state index contributed by atoms with van der Waals surface area (Å²) in [5.41, 5.74) is 7.12. The number of rotatable bonds is 2. The van der Waals surface area contributed by atoms with Gasteiger partial charge in [-0.15, -0.1) is 0 Å². The molecule has 5 heteroatoms. The van der Waals surface area contributed by atoms with Crippen LogP contribution in [0.4, 0.5) is 11.5 Å². The number of nitrogens with one attached hydrogen (secondary N) is 1. The van der Waals surface area contributed by atoms with E-state index in [4.69, 9.17) is 5.73 Å². The molecule has 0 atom stereocenters. The second kappa shape index (κ2) is 3.56. The van der Waals surface area contributed by atoms with E-state index in [2.05, 4.69) is 10.4 Å². The third kappa shape index (κ3) is 1.69. The Bertz CT molecular complexity index is 392. The standard InChI is InChI=1S/C10H16N4O/c1-6-8(11)9(14(2)13-6)12-10(15)7-4-3-5-7/h7H,3-5,11H2,1-2H3,(H,12,15). The first-order chi connectivity index (χ1) is 7.09. The van der Waals surface area contributed by atoms with Gasteiger partial charge < -0.3 is 11.1 Å². The highest BCUT2D eigenvalue weighted by Crippen LogP contribution is 2.29. The van der Waals surface area contributed by atoms with Gasteiger partial charge >= 0.3 is 0 Å². The van der Waals surface area contributed by atoms with Crippen molar-refractivity contribution in [2.45, 2.75) is 26.2 Å². The first-order valence-corrected chi connectivity index (χ1v) is 5.19. The Morgan fingerprint density at radius 2 is 2.27 bits per heavy atom. The van der Waals surface area contributed by atoms with Crippen LogP contribution >= 0.6 is 0 Å². The summed E-state index contributed by atoms with van der Waals surface area (Å²) in [6.07, 6.45) is 3.13. The van der Waals surface area contributed by atoms with Gasteiger partial charge in [-0.3, -0.25) is 9.48 Å². The lowest BCUT2D eigenvalue weighted by Gasteiger charge is -2.24. The van der Waals surface area contributed by atoms with E-state index in [1.54, 1.807) is 11.7 Å². The Hall–Kier alpha value is -1.52. The molecule has 1 aromatic heterocycles. The molecular formula is C10H16N4O. The van der Waals surface area contributed by atoms with E-state index in [1.165, 1.54) is 0 Å². The molecule has 1 saturated carbocycles. The number of nitrogen functional groups attached to an aromatic ring is 1. The van der Waals surface area contributed by atoms with E-state index in [0.717, 1.165) is 25.0 Å². The maximum atomic E-state index is 11.7. The molecule has 1 fully saturated rings. The number of aromatic nitrogens is 2. The lowest BCUT2D eigenvalue weighted by molar-refractivity contribution is -0.122. The molecule has 0 radical (unpaired) electrons. The average molecular weight is 208 g/mol. The Morgan fingerprint density at radius 1 is 1.60 bits per heavy atom. The summed E-state index contributed by atoms with van der Waals surface area (Å²) in [5.74, 6) is 0.847. The molecular weight excluding hydrogens is 192 g/mol. The van der Waals surface area contributed by atoms with Crippen LogP contribution in [0.2, 0.25) is 0 Å². The maximum absolute atomic E-state index is 11.7. The largest absolute Gasteiger partial charge is 0.394 e. The van der Waals surface area contributed by atoms with Crippen LogP contribution in [0.3, 0.4) is 0 Å². The summed E-state index contributed by atoms with van der Waals surface area (Å²) < 4.78 is 1.61. The number of amides is 1. The lowest BCUT2D eigenvalue weighted by atomic mass is 9.85. The third-order valence-corrected chi connectivity index (χ3v) is 2.99. The van der Waals surface area contributed by atoms with Crippen molar-refractivity contribution in [1.29, 1.82) is 0 Å².